The number of nitrogens with one attached hydrogen (secondary N) is 1. The van der Waals surface area contributed by atoms with E-state index in [2.05, 4.69) is 27.6 Å². The number of anilines is 1. The third-order valence-corrected chi connectivity index (χ3v) is 7.90. The zero-order chi connectivity index (χ0) is 35.8. The number of ether oxygens (including phenoxy) is 4. The number of hydrogen-bond donors (Lipinski definition) is 2. The Morgan fingerprint density at radius 1 is 1.06 bits per heavy atom. The normalized spacial score (nSPS) is 15.6. The first-order valence-corrected chi connectivity index (χ1v) is 16.7. The second-order valence-corrected chi connectivity index (χ2v) is 14.6. The number of nitrogens with zero attached hydrogens (tertiary/aromatic N) is 5. The SMILES string of the molecule is CC(C)(C)OC(=O)Nc1nc(/C(=N/OC(COc2ccc(-c3cnn(CC[N+]4(C)CCOCC4)c3)cc2)C(=O)OC(C)(C)C)C(=O)O)cs1. The average Bonchev–Trinajstić information content (AvgIpc) is 3.66. The predicted octanol–water partition coefficient (Wildman–Crippen LogP) is 4.43. The summed E-state index contributed by atoms with van der Waals surface area (Å²) in [6, 6.07) is 7.25. The van der Waals surface area contributed by atoms with E-state index in [0.29, 0.717) is 5.75 Å². The number of thiazole rings is 1. The van der Waals surface area contributed by atoms with Gasteiger partial charge in [-0.2, -0.15) is 5.10 Å². The van der Waals surface area contributed by atoms with Crippen LogP contribution in [0.2, 0.25) is 0 Å². The molecule has 0 saturated carbocycles. The maximum Gasteiger partial charge on any atom is 0.413 e. The van der Waals surface area contributed by atoms with Crippen LogP contribution in [0.1, 0.15) is 47.2 Å². The molecular formula is C33H45N6O9S+. The monoisotopic (exact) mass is 701 g/mol. The van der Waals surface area contributed by atoms with Gasteiger partial charge in [-0.25, -0.2) is 19.4 Å². The standard InChI is InChI=1S/C33H44N6O9S/c1-32(2,3)46-29(42)26(48-37-27(28(40)41)25-21-49-30(35-25)36-31(43)47-33(4,5)6)20-45-24-10-8-22(9-11-24)23-18-34-38(19-23)12-13-39(7)14-16-44-17-15-39/h8-11,18-19,21,26H,12-17,20H2,1-7H3,(H-,35,36,40,41,43)/p+1/b37-27-. The first-order valence-electron chi connectivity index (χ1n) is 15.8. The van der Waals surface area contributed by atoms with E-state index in [1.807, 2.05) is 29.2 Å². The summed E-state index contributed by atoms with van der Waals surface area (Å²) in [5.74, 6) is -1.82. The van der Waals surface area contributed by atoms with Crippen LogP contribution in [0, 0.1) is 0 Å². The van der Waals surface area contributed by atoms with Crippen LogP contribution in [0.15, 0.2) is 47.2 Å². The van der Waals surface area contributed by atoms with Gasteiger partial charge in [-0.05, 0) is 59.2 Å². The van der Waals surface area contributed by atoms with Crippen molar-refractivity contribution in [2.24, 2.45) is 5.16 Å². The number of benzene rings is 1. The third kappa shape index (κ3) is 11.8. The summed E-state index contributed by atoms with van der Waals surface area (Å²) < 4.78 is 24.9. The fraction of sp³-hybridized carbons (Fsp3) is 0.515. The highest BCUT2D eigenvalue weighted by atomic mass is 32.1. The minimum Gasteiger partial charge on any atom is -0.489 e. The van der Waals surface area contributed by atoms with Crippen molar-refractivity contribution < 1.29 is 47.8 Å². The molecule has 1 amide bonds. The Kier molecular flexibility index (Phi) is 12.0. The molecule has 1 fully saturated rings. The molecule has 1 aromatic carbocycles. The highest BCUT2D eigenvalue weighted by Gasteiger charge is 2.30. The molecule has 49 heavy (non-hydrogen) atoms. The van der Waals surface area contributed by atoms with Crippen LogP contribution >= 0.6 is 11.3 Å². The fourth-order valence-electron chi connectivity index (χ4n) is 4.55. The largest absolute Gasteiger partial charge is 0.489 e. The summed E-state index contributed by atoms with van der Waals surface area (Å²) >= 11 is 0.965. The minimum absolute atomic E-state index is 0.0876. The van der Waals surface area contributed by atoms with Crippen molar-refractivity contribution in [2.75, 3.05) is 51.8 Å². The highest BCUT2D eigenvalue weighted by Crippen LogP contribution is 2.23. The van der Waals surface area contributed by atoms with Crippen molar-refractivity contribution in [1.82, 2.24) is 14.8 Å². The number of esters is 1. The van der Waals surface area contributed by atoms with Gasteiger partial charge in [0.25, 0.3) is 6.10 Å². The lowest BCUT2D eigenvalue weighted by molar-refractivity contribution is -0.917. The summed E-state index contributed by atoms with van der Waals surface area (Å²) in [7, 11) is 2.24. The van der Waals surface area contributed by atoms with Gasteiger partial charge in [0.1, 0.15) is 42.3 Å². The molecule has 0 spiro atoms. The van der Waals surface area contributed by atoms with Crippen LogP contribution in [0.5, 0.6) is 5.75 Å². The first kappa shape index (κ1) is 37.3. The van der Waals surface area contributed by atoms with E-state index in [0.717, 1.165) is 66.3 Å². The number of oxime groups is 1. The van der Waals surface area contributed by atoms with Crippen molar-refractivity contribution in [2.45, 2.75) is 65.4 Å². The van der Waals surface area contributed by atoms with Crippen LogP contribution in [0.25, 0.3) is 11.1 Å². The van der Waals surface area contributed by atoms with E-state index < -0.39 is 41.0 Å². The number of rotatable bonds is 13. The van der Waals surface area contributed by atoms with Crippen molar-refractivity contribution >= 4 is 40.2 Å². The van der Waals surface area contributed by atoms with Gasteiger partial charge in [0.2, 0.25) is 5.71 Å². The molecule has 4 rings (SSSR count). The van der Waals surface area contributed by atoms with Crippen molar-refractivity contribution in [1.29, 1.82) is 0 Å². The molecule has 1 aliphatic heterocycles. The van der Waals surface area contributed by atoms with Gasteiger partial charge >= 0.3 is 18.0 Å². The molecule has 1 saturated heterocycles. The molecule has 1 atom stereocenters. The maximum absolute atomic E-state index is 13.0. The molecule has 1 aliphatic rings. The molecule has 0 radical (unpaired) electrons. The molecule has 2 N–H and O–H groups in total. The Morgan fingerprint density at radius 2 is 1.73 bits per heavy atom. The molecule has 2 aromatic heterocycles. The summed E-state index contributed by atoms with van der Waals surface area (Å²) in [4.78, 5) is 46.7. The number of likely N-dealkylation sites (N-methyl/N-ethyl adjacent to an activating group) is 1. The molecule has 3 heterocycles. The van der Waals surface area contributed by atoms with Crippen LogP contribution in [0.4, 0.5) is 9.93 Å². The van der Waals surface area contributed by atoms with Crippen molar-refractivity contribution in [3.05, 3.63) is 47.7 Å². The lowest BCUT2D eigenvalue weighted by Crippen LogP contribution is -2.53. The second kappa shape index (κ2) is 15.8. The second-order valence-electron chi connectivity index (χ2n) is 13.8. The number of hydrogen-bond acceptors (Lipinski definition) is 12. The molecule has 16 heteroatoms. The zero-order valence-corrected chi connectivity index (χ0v) is 29.7. The molecular weight excluding hydrogens is 656 g/mol. The molecule has 15 nitrogen and oxygen atoms in total. The topological polar surface area (TPSA) is 173 Å². The fourth-order valence-corrected chi connectivity index (χ4v) is 5.23. The number of carbonyl (C=O) groups excluding carboxylic acids is 2. The number of aliphatic carboxylic acids is 1. The van der Waals surface area contributed by atoms with Gasteiger partial charge in [-0.1, -0.05) is 17.3 Å². The number of amides is 1. The number of morpholine rings is 1. The molecule has 0 bridgehead atoms. The van der Waals surface area contributed by atoms with Gasteiger partial charge in [0, 0.05) is 17.1 Å². The van der Waals surface area contributed by atoms with E-state index in [1.165, 1.54) is 5.38 Å². The summed E-state index contributed by atoms with van der Waals surface area (Å²) in [6.45, 7) is 15.2. The van der Waals surface area contributed by atoms with Crippen LogP contribution < -0.4 is 10.1 Å². The third-order valence-electron chi connectivity index (χ3n) is 7.14. The number of carboxylic acids is 1. The maximum atomic E-state index is 13.0. The van der Waals surface area contributed by atoms with Crippen molar-refractivity contribution in [3.8, 4) is 16.9 Å². The number of quaternary nitrogens is 1. The van der Waals surface area contributed by atoms with E-state index in [-0.39, 0.29) is 17.4 Å². The van der Waals surface area contributed by atoms with Gasteiger partial charge in [-0.3, -0.25) is 10.00 Å². The summed E-state index contributed by atoms with van der Waals surface area (Å²) in [5, 5.41) is 22.0. The Bertz CT molecular complexity index is 1620. The number of aromatic nitrogens is 3. The summed E-state index contributed by atoms with van der Waals surface area (Å²) in [5.41, 5.74) is -0.392. The van der Waals surface area contributed by atoms with Gasteiger partial charge in [-0.15, -0.1) is 11.3 Å². The Hall–Kier alpha value is -4.54. The zero-order valence-electron chi connectivity index (χ0n) is 28.9. The Labute approximate surface area is 289 Å². The van der Waals surface area contributed by atoms with E-state index >= 15 is 0 Å². The molecule has 1 unspecified atom stereocenters. The van der Waals surface area contributed by atoms with Gasteiger partial charge in [0.05, 0.1) is 39.5 Å². The minimum atomic E-state index is -1.46. The quantitative estimate of drug-likeness (QED) is 0.112. The number of carbonyl (C=O) groups is 3. The van der Waals surface area contributed by atoms with Crippen molar-refractivity contribution in [3.63, 3.8) is 0 Å². The van der Waals surface area contributed by atoms with E-state index in [9.17, 15) is 19.5 Å². The van der Waals surface area contributed by atoms with Crippen LogP contribution in [-0.2, 0) is 35.2 Å². The molecule has 3 aromatic rings. The number of carboxylic acid groups (broad SMARTS) is 1. The van der Waals surface area contributed by atoms with Crippen LogP contribution in [-0.4, -0.2) is 112 Å². The van der Waals surface area contributed by atoms with E-state index in [4.69, 9.17) is 23.8 Å². The lowest BCUT2D eigenvalue weighted by Gasteiger charge is -2.37. The summed E-state index contributed by atoms with van der Waals surface area (Å²) in [6.07, 6.45) is 1.66. The highest BCUT2D eigenvalue weighted by molar-refractivity contribution is 7.14. The molecule has 0 aliphatic carbocycles. The van der Waals surface area contributed by atoms with Crippen LogP contribution in [0.3, 0.4) is 0 Å². The van der Waals surface area contributed by atoms with Gasteiger partial charge < -0.3 is 33.4 Å². The lowest BCUT2D eigenvalue weighted by atomic mass is 10.1. The average molecular weight is 702 g/mol. The first-order chi connectivity index (χ1) is 23.0. The Morgan fingerprint density at radius 3 is 2.37 bits per heavy atom. The van der Waals surface area contributed by atoms with E-state index in [1.54, 1.807) is 53.7 Å². The predicted molar refractivity (Wildman–Crippen MR) is 182 cm³/mol. The smallest absolute Gasteiger partial charge is 0.413 e. The Balaban J connectivity index is 1.41. The van der Waals surface area contributed by atoms with Gasteiger partial charge in [0.15, 0.2) is 5.13 Å². The molecule has 266 valence electrons.